The van der Waals surface area contributed by atoms with Gasteiger partial charge in [-0.1, -0.05) is 20.8 Å². The molecule has 0 spiro atoms. The van der Waals surface area contributed by atoms with Gasteiger partial charge in [-0.25, -0.2) is 4.98 Å². The molecule has 5 heteroatoms. The molecule has 0 radical (unpaired) electrons. The Bertz CT molecular complexity index is 735. The topological polar surface area (TPSA) is 68.1 Å². The highest BCUT2D eigenvalue weighted by Gasteiger charge is 2.33. The zero-order valence-corrected chi connectivity index (χ0v) is 14.6. The molecule has 0 aliphatic carbocycles. The quantitative estimate of drug-likeness (QED) is 0.942. The Morgan fingerprint density at radius 2 is 2.04 bits per heavy atom. The minimum Gasteiger partial charge on any atom is -0.471 e. The van der Waals surface area contributed by atoms with Crippen molar-refractivity contribution in [2.24, 2.45) is 0 Å². The maximum atomic E-state index is 10.4. The van der Waals surface area contributed by atoms with Gasteiger partial charge in [0.1, 0.15) is 11.9 Å². The fourth-order valence-electron chi connectivity index (χ4n) is 2.93. The van der Waals surface area contributed by atoms with E-state index in [1.807, 2.05) is 6.07 Å². The van der Waals surface area contributed by atoms with Gasteiger partial charge < -0.3 is 9.84 Å². The van der Waals surface area contributed by atoms with Gasteiger partial charge in [-0.2, -0.15) is 4.98 Å². The van der Waals surface area contributed by atoms with Gasteiger partial charge in [0.15, 0.2) is 0 Å². The molecule has 1 atom stereocenters. The van der Waals surface area contributed by atoms with Crippen molar-refractivity contribution in [3.63, 3.8) is 0 Å². The van der Waals surface area contributed by atoms with Crippen molar-refractivity contribution in [2.45, 2.75) is 71.5 Å². The molecule has 124 valence electrons. The van der Waals surface area contributed by atoms with Crippen LogP contribution in [-0.4, -0.2) is 31.8 Å². The molecule has 1 N–H and O–H groups in total. The van der Waals surface area contributed by atoms with Gasteiger partial charge in [-0.3, -0.25) is 4.98 Å². The highest BCUT2D eigenvalue weighted by molar-refractivity contribution is 5.86. The Balaban J connectivity index is 2.23. The highest BCUT2D eigenvalue weighted by Crippen LogP contribution is 2.34. The van der Waals surface area contributed by atoms with Gasteiger partial charge in [0.2, 0.25) is 5.88 Å². The third kappa shape index (κ3) is 3.02. The molecule has 5 nitrogen and oxygen atoms in total. The summed E-state index contributed by atoms with van der Waals surface area (Å²) >= 11 is 0. The molecule has 0 unspecified atom stereocenters. The minimum absolute atomic E-state index is 0.213. The Morgan fingerprint density at radius 3 is 2.65 bits per heavy atom. The fourth-order valence-corrected chi connectivity index (χ4v) is 2.93. The maximum absolute atomic E-state index is 10.4. The second kappa shape index (κ2) is 5.71. The first-order valence-corrected chi connectivity index (χ1v) is 8.39. The summed E-state index contributed by atoms with van der Waals surface area (Å²) in [5.41, 5.74) is 1.99. The summed E-state index contributed by atoms with van der Waals surface area (Å²) in [5.74, 6) is 1.54. The van der Waals surface area contributed by atoms with E-state index in [0.717, 1.165) is 41.0 Å². The maximum Gasteiger partial charge on any atom is 0.227 e. The van der Waals surface area contributed by atoms with Gasteiger partial charge in [0.05, 0.1) is 22.2 Å². The number of hydrogen-bond donors (Lipinski definition) is 1. The first kappa shape index (κ1) is 16.1. The molecule has 0 amide bonds. The van der Waals surface area contributed by atoms with Crippen molar-refractivity contribution in [2.75, 3.05) is 0 Å². The predicted octanol–water partition coefficient (Wildman–Crippen LogP) is 3.18. The van der Waals surface area contributed by atoms with Crippen LogP contribution in [0.25, 0.3) is 10.9 Å². The smallest absolute Gasteiger partial charge is 0.227 e. The van der Waals surface area contributed by atoms with Gasteiger partial charge >= 0.3 is 0 Å². The number of aliphatic hydroxyl groups is 1. The van der Waals surface area contributed by atoms with E-state index in [1.165, 1.54) is 0 Å². The van der Waals surface area contributed by atoms with Gasteiger partial charge in [0.25, 0.3) is 0 Å². The molecule has 3 rings (SSSR count). The third-order valence-electron chi connectivity index (χ3n) is 4.36. The first-order valence-electron chi connectivity index (χ1n) is 8.39. The van der Waals surface area contributed by atoms with Crippen LogP contribution in [0.5, 0.6) is 5.88 Å². The molecule has 2 aromatic heterocycles. The van der Waals surface area contributed by atoms with Crippen molar-refractivity contribution in [3.8, 4) is 5.88 Å². The largest absolute Gasteiger partial charge is 0.471 e. The van der Waals surface area contributed by atoms with E-state index in [-0.39, 0.29) is 12.0 Å². The summed E-state index contributed by atoms with van der Waals surface area (Å²) in [6.45, 7) is 9.79. The van der Waals surface area contributed by atoms with Crippen molar-refractivity contribution < 1.29 is 9.84 Å². The standard InChI is InChI=1S/C18H25N3O2/c1-6-11-9-13-15-12(19-11)7-8-14(18(4,5)22)23-17(15)21-16(20-13)10(2)3/h9-10,14,22H,6-8H2,1-5H3/t14-/m1/s1. The number of aromatic nitrogens is 3. The van der Waals surface area contributed by atoms with Crippen LogP contribution in [0.1, 0.15) is 64.2 Å². The number of nitrogens with zero attached hydrogens (tertiary/aromatic N) is 3. The molecule has 23 heavy (non-hydrogen) atoms. The van der Waals surface area contributed by atoms with E-state index in [2.05, 4.69) is 25.8 Å². The van der Waals surface area contributed by atoms with E-state index in [4.69, 9.17) is 14.7 Å². The van der Waals surface area contributed by atoms with Crippen LogP contribution in [0, 0.1) is 0 Å². The lowest BCUT2D eigenvalue weighted by Crippen LogP contribution is -2.40. The summed E-state index contributed by atoms with van der Waals surface area (Å²) in [6.07, 6.45) is 2.04. The Labute approximate surface area is 137 Å². The summed E-state index contributed by atoms with van der Waals surface area (Å²) < 4.78 is 6.12. The molecule has 3 heterocycles. The second-order valence-electron chi connectivity index (χ2n) is 7.15. The minimum atomic E-state index is -0.926. The average molecular weight is 315 g/mol. The number of pyridine rings is 1. The molecular formula is C18H25N3O2. The molecular weight excluding hydrogens is 290 g/mol. The zero-order chi connectivity index (χ0) is 16.8. The van der Waals surface area contributed by atoms with Crippen molar-refractivity contribution in [1.82, 2.24) is 15.0 Å². The summed E-state index contributed by atoms with van der Waals surface area (Å²) in [6, 6.07) is 2.03. The molecule has 0 aromatic carbocycles. The van der Waals surface area contributed by atoms with Crippen molar-refractivity contribution in [3.05, 3.63) is 23.3 Å². The highest BCUT2D eigenvalue weighted by atomic mass is 16.5. The summed E-state index contributed by atoms with van der Waals surface area (Å²) in [5, 5.41) is 11.3. The molecule has 0 fully saturated rings. The predicted molar refractivity (Wildman–Crippen MR) is 89.8 cm³/mol. The number of rotatable bonds is 3. The third-order valence-corrected chi connectivity index (χ3v) is 4.36. The summed E-state index contributed by atoms with van der Waals surface area (Å²) in [4.78, 5) is 14.1. The van der Waals surface area contributed by atoms with Crippen LogP contribution in [0.4, 0.5) is 0 Å². The number of hydrogen-bond acceptors (Lipinski definition) is 5. The molecule has 0 saturated carbocycles. The lowest BCUT2D eigenvalue weighted by atomic mass is 9.97. The average Bonchev–Trinajstić information content (AvgIpc) is 2.67. The second-order valence-corrected chi connectivity index (χ2v) is 7.15. The lowest BCUT2D eigenvalue weighted by molar-refractivity contribution is -0.0373. The Kier molecular flexibility index (Phi) is 4.00. The van der Waals surface area contributed by atoms with E-state index >= 15 is 0 Å². The molecule has 1 aliphatic rings. The normalized spacial score (nSPS) is 18.1. The Morgan fingerprint density at radius 1 is 1.30 bits per heavy atom. The molecule has 0 bridgehead atoms. The lowest BCUT2D eigenvalue weighted by Gasteiger charge is -2.28. The summed E-state index contributed by atoms with van der Waals surface area (Å²) in [7, 11) is 0. The van der Waals surface area contributed by atoms with E-state index < -0.39 is 5.60 Å². The SMILES string of the molecule is CCc1cc2nc(C(C)C)nc3c2c(n1)CC[C@H](C(C)(C)O)O3. The van der Waals surface area contributed by atoms with Crippen LogP contribution < -0.4 is 4.74 Å². The number of aryl methyl sites for hydroxylation is 2. The molecule has 2 aromatic rings. The van der Waals surface area contributed by atoms with Gasteiger partial charge in [0, 0.05) is 11.6 Å². The van der Waals surface area contributed by atoms with Gasteiger partial charge in [-0.15, -0.1) is 0 Å². The Hall–Kier alpha value is -1.75. The van der Waals surface area contributed by atoms with Crippen LogP contribution in [-0.2, 0) is 12.8 Å². The monoisotopic (exact) mass is 315 g/mol. The van der Waals surface area contributed by atoms with E-state index in [9.17, 15) is 5.11 Å². The fraction of sp³-hybridized carbons (Fsp3) is 0.611. The molecule has 1 aliphatic heterocycles. The van der Waals surface area contributed by atoms with Crippen molar-refractivity contribution in [1.29, 1.82) is 0 Å². The van der Waals surface area contributed by atoms with Crippen molar-refractivity contribution >= 4 is 10.9 Å². The van der Waals surface area contributed by atoms with E-state index in [0.29, 0.717) is 12.3 Å². The van der Waals surface area contributed by atoms with Crippen LogP contribution in [0.2, 0.25) is 0 Å². The van der Waals surface area contributed by atoms with Crippen LogP contribution >= 0.6 is 0 Å². The zero-order valence-electron chi connectivity index (χ0n) is 14.6. The van der Waals surface area contributed by atoms with E-state index in [1.54, 1.807) is 13.8 Å². The van der Waals surface area contributed by atoms with Crippen LogP contribution in [0.3, 0.4) is 0 Å². The number of ether oxygens (including phenoxy) is 1. The molecule has 0 saturated heterocycles. The van der Waals surface area contributed by atoms with Crippen LogP contribution in [0.15, 0.2) is 6.07 Å². The van der Waals surface area contributed by atoms with Gasteiger partial charge in [-0.05, 0) is 39.2 Å². The first-order chi connectivity index (χ1) is 10.8.